The number of fused-ring (bicyclic) bond motifs is 2. The summed E-state index contributed by atoms with van der Waals surface area (Å²) in [4.78, 5) is 16.6. The highest BCUT2D eigenvalue weighted by atomic mass is 16.3. The van der Waals surface area contributed by atoms with Crippen LogP contribution in [0.1, 0.15) is 11.1 Å². The fourth-order valence-electron chi connectivity index (χ4n) is 2.91. The molecular formula is C17H12N2O2. The number of benzene rings is 2. The van der Waals surface area contributed by atoms with Crippen molar-refractivity contribution in [2.45, 2.75) is 5.60 Å². The van der Waals surface area contributed by atoms with E-state index in [2.05, 4.69) is 10.3 Å². The molecule has 102 valence electrons. The average Bonchev–Trinajstić information content (AvgIpc) is 2.79. The van der Waals surface area contributed by atoms with Gasteiger partial charge < -0.3 is 10.4 Å². The Morgan fingerprint density at radius 2 is 1.71 bits per heavy atom. The van der Waals surface area contributed by atoms with Crippen LogP contribution in [-0.4, -0.2) is 16.0 Å². The van der Waals surface area contributed by atoms with Crippen molar-refractivity contribution in [1.29, 1.82) is 0 Å². The van der Waals surface area contributed by atoms with Gasteiger partial charge in [0.05, 0.1) is 0 Å². The maximum Gasteiger partial charge on any atom is 0.265 e. The minimum atomic E-state index is -1.70. The van der Waals surface area contributed by atoms with Gasteiger partial charge in [-0.1, -0.05) is 42.5 Å². The number of rotatable bonds is 1. The fourth-order valence-corrected chi connectivity index (χ4v) is 2.91. The van der Waals surface area contributed by atoms with Crippen molar-refractivity contribution < 1.29 is 9.90 Å². The number of amides is 1. The molecule has 0 bridgehead atoms. The van der Waals surface area contributed by atoms with E-state index in [1.807, 2.05) is 36.4 Å². The van der Waals surface area contributed by atoms with Crippen LogP contribution in [0.15, 0.2) is 60.9 Å². The molecule has 1 unspecified atom stereocenters. The van der Waals surface area contributed by atoms with Gasteiger partial charge in [-0.25, -0.2) is 0 Å². The van der Waals surface area contributed by atoms with E-state index < -0.39 is 11.5 Å². The Labute approximate surface area is 121 Å². The molecule has 2 heterocycles. The molecule has 1 aromatic heterocycles. The first-order chi connectivity index (χ1) is 10.2. The van der Waals surface area contributed by atoms with Gasteiger partial charge in [0.15, 0.2) is 5.60 Å². The molecular weight excluding hydrogens is 264 g/mol. The van der Waals surface area contributed by atoms with Crippen molar-refractivity contribution in [2.24, 2.45) is 0 Å². The summed E-state index contributed by atoms with van der Waals surface area (Å²) in [5.41, 5.74) is -0.00101. The molecule has 4 rings (SSSR count). The highest BCUT2D eigenvalue weighted by Crippen LogP contribution is 2.42. The normalized spacial score (nSPS) is 20.3. The summed E-state index contributed by atoms with van der Waals surface area (Å²) in [6.45, 7) is 0. The molecule has 2 aromatic carbocycles. The first-order valence-electron chi connectivity index (χ1n) is 6.68. The van der Waals surface area contributed by atoms with Crippen molar-refractivity contribution in [1.82, 2.24) is 4.98 Å². The Morgan fingerprint density at radius 1 is 0.952 bits per heavy atom. The lowest BCUT2D eigenvalue weighted by Gasteiger charge is -2.22. The zero-order valence-electron chi connectivity index (χ0n) is 11.1. The number of nitrogens with zero attached hydrogens (tertiary/aromatic N) is 1. The van der Waals surface area contributed by atoms with Gasteiger partial charge in [-0.3, -0.25) is 9.78 Å². The van der Waals surface area contributed by atoms with Crippen LogP contribution >= 0.6 is 0 Å². The molecule has 0 saturated carbocycles. The standard InChI is InChI=1S/C17H12N2O2/c20-16-17(21,13-7-3-4-8-15(13)19-16)14-10-18-9-11-5-1-2-6-12(11)14/h1-10,21H,(H,19,20). The number of carbonyl (C=O) groups is 1. The zero-order chi connectivity index (χ0) is 14.4. The van der Waals surface area contributed by atoms with E-state index in [4.69, 9.17) is 0 Å². The summed E-state index contributed by atoms with van der Waals surface area (Å²) in [6, 6.07) is 14.8. The van der Waals surface area contributed by atoms with Crippen LogP contribution in [-0.2, 0) is 10.4 Å². The van der Waals surface area contributed by atoms with Crippen LogP contribution < -0.4 is 5.32 Å². The molecule has 3 aromatic rings. The number of pyridine rings is 1. The molecule has 1 aliphatic rings. The summed E-state index contributed by atoms with van der Waals surface area (Å²) in [7, 11) is 0. The van der Waals surface area contributed by atoms with Crippen LogP contribution in [0.3, 0.4) is 0 Å². The number of carbonyl (C=O) groups excluding carboxylic acids is 1. The molecule has 0 radical (unpaired) electrons. The second-order valence-corrected chi connectivity index (χ2v) is 5.12. The number of aliphatic hydroxyl groups is 1. The SMILES string of the molecule is O=C1Nc2ccccc2C1(O)c1cncc2ccccc12. The molecule has 1 aliphatic heterocycles. The van der Waals surface area contributed by atoms with E-state index in [0.717, 1.165) is 10.8 Å². The molecule has 4 nitrogen and oxygen atoms in total. The van der Waals surface area contributed by atoms with Gasteiger partial charge in [0.25, 0.3) is 5.91 Å². The minimum Gasteiger partial charge on any atom is -0.372 e. The molecule has 0 fully saturated rings. The zero-order valence-corrected chi connectivity index (χ0v) is 11.1. The van der Waals surface area contributed by atoms with E-state index in [1.165, 1.54) is 0 Å². The highest BCUT2D eigenvalue weighted by Gasteiger charge is 2.47. The van der Waals surface area contributed by atoms with Crippen LogP contribution in [0.2, 0.25) is 0 Å². The van der Waals surface area contributed by atoms with E-state index in [9.17, 15) is 9.90 Å². The number of anilines is 1. The molecule has 0 saturated heterocycles. The number of nitrogens with one attached hydrogen (secondary N) is 1. The smallest absolute Gasteiger partial charge is 0.265 e. The topological polar surface area (TPSA) is 62.2 Å². The quantitative estimate of drug-likeness (QED) is 0.717. The fraction of sp³-hybridized carbons (Fsp3) is 0.0588. The molecule has 21 heavy (non-hydrogen) atoms. The van der Waals surface area contributed by atoms with E-state index >= 15 is 0 Å². The Bertz CT molecular complexity index is 870. The molecule has 4 heteroatoms. The number of hydrogen-bond donors (Lipinski definition) is 2. The summed E-state index contributed by atoms with van der Waals surface area (Å²) in [5, 5.41) is 15.6. The van der Waals surface area contributed by atoms with Crippen LogP contribution in [0.4, 0.5) is 5.69 Å². The maximum atomic E-state index is 12.4. The first-order valence-corrected chi connectivity index (χ1v) is 6.68. The summed E-state index contributed by atoms with van der Waals surface area (Å²) >= 11 is 0. The van der Waals surface area contributed by atoms with Crippen molar-refractivity contribution in [3.63, 3.8) is 0 Å². The van der Waals surface area contributed by atoms with Gasteiger partial charge in [-0.2, -0.15) is 0 Å². The first kappa shape index (κ1) is 12.1. The number of hydrogen-bond acceptors (Lipinski definition) is 3. The van der Waals surface area contributed by atoms with Crippen LogP contribution in [0, 0.1) is 0 Å². The largest absolute Gasteiger partial charge is 0.372 e. The third-order valence-corrected chi connectivity index (χ3v) is 3.95. The summed E-state index contributed by atoms with van der Waals surface area (Å²) in [6.07, 6.45) is 3.28. The maximum absolute atomic E-state index is 12.4. The minimum absolute atomic E-state index is 0.443. The van der Waals surface area contributed by atoms with Gasteiger partial charge in [-0.15, -0.1) is 0 Å². The second kappa shape index (κ2) is 4.14. The van der Waals surface area contributed by atoms with Gasteiger partial charge in [0.1, 0.15) is 0 Å². The lowest BCUT2D eigenvalue weighted by Crippen LogP contribution is -2.35. The molecule has 0 spiro atoms. The lowest BCUT2D eigenvalue weighted by molar-refractivity contribution is -0.129. The highest BCUT2D eigenvalue weighted by molar-refractivity contribution is 6.09. The summed E-state index contributed by atoms with van der Waals surface area (Å²) < 4.78 is 0. The predicted octanol–water partition coefficient (Wildman–Crippen LogP) is 2.42. The van der Waals surface area contributed by atoms with E-state index in [0.29, 0.717) is 16.8 Å². The van der Waals surface area contributed by atoms with E-state index in [-0.39, 0.29) is 0 Å². The van der Waals surface area contributed by atoms with Gasteiger partial charge in [0.2, 0.25) is 0 Å². The van der Waals surface area contributed by atoms with Gasteiger partial charge in [-0.05, 0) is 11.5 Å². The Balaban J connectivity index is 2.06. The van der Waals surface area contributed by atoms with Gasteiger partial charge in [0, 0.05) is 34.6 Å². The van der Waals surface area contributed by atoms with Crippen molar-refractivity contribution in [3.8, 4) is 0 Å². The van der Waals surface area contributed by atoms with E-state index in [1.54, 1.807) is 24.5 Å². The van der Waals surface area contributed by atoms with Crippen LogP contribution in [0.5, 0.6) is 0 Å². The van der Waals surface area contributed by atoms with Gasteiger partial charge >= 0.3 is 0 Å². The van der Waals surface area contributed by atoms with Crippen molar-refractivity contribution >= 4 is 22.4 Å². The third kappa shape index (κ3) is 1.53. The average molecular weight is 276 g/mol. The Kier molecular flexibility index (Phi) is 2.37. The van der Waals surface area contributed by atoms with Crippen molar-refractivity contribution in [2.75, 3.05) is 5.32 Å². The number of aromatic nitrogens is 1. The number of para-hydroxylation sites is 1. The molecule has 1 atom stereocenters. The summed E-state index contributed by atoms with van der Waals surface area (Å²) in [5.74, 6) is -0.443. The predicted molar refractivity (Wildman–Crippen MR) is 79.8 cm³/mol. The second-order valence-electron chi connectivity index (χ2n) is 5.12. The van der Waals surface area contributed by atoms with Crippen molar-refractivity contribution in [3.05, 3.63) is 72.1 Å². The molecule has 2 N–H and O–H groups in total. The molecule has 0 aliphatic carbocycles. The van der Waals surface area contributed by atoms with Crippen LogP contribution in [0.25, 0.3) is 10.8 Å². The third-order valence-electron chi connectivity index (χ3n) is 3.95. The lowest BCUT2D eigenvalue weighted by atomic mass is 9.86. The monoisotopic (exact) mass is 276 g/mol. The Morgan fingerprint density at radius 3 is 2.62 bits per heavy atom. The Hall–Kier alpha value is -2.72. The molecule has 1 amide bonds.